The summed E-state index contributed by atoms with van der Waals surface area (Å²) >= 11 is 0. The van der Waals surface area contributed by atoms with E-state index in [2.05, 4.69) is 20.5 Å². The zero-order valence-electron chi connectivity index (χ0n) is 23.7. The molecule has 3 atom stereocenters. The van der Waals surface area contributed by atoms with E-state index in [-0.39, 0.29) is 23.9 Å². The summed E-state index contributed by atoms with van der Waals surface area (Å²) < 4.78 is 33.2. The number of halogens is 1. The van der Waals surface area contributed by atoms with Crippen molar-refractivity contribution in [2.45, 2.75) is 37.6 Å². The third-order valence-electron chi connectivity index (χ3n) is 8.82. The van der Waals surface area contributed by atoms with Crippen LogP contribution in [0.1, 0.15) is 18.9 Å². The number of carbonyl (C=O) groups excluding carboxylic acids is 1. The normalized spacial score (nSPS) is 20.0. The zero-order chi connectivity index (χ0) is 29.6. The van der Waals surface area contributed by atoms with Crippen LogP contribution in [-0.4, -0.2) is 70.6 Å². The quantitative estimate of drug-likeness (QED) is 0.318. The van der Waals surface area contributed by atoms with Crippen LogP contribution >= 0.6 is 0 Å². The lowest BCUT2D eigenvalue weighted by Gasteiger charge is -2.20. The van der Waals surface area contributed by atoms with Crippen molar-refractivity contribution in [3.8, 4) is 22.4 Å². The molecule has 1 saturated carbocycles. The van der Waals surface area contributed by atoms with Gasteiger partial charge < -0.3 is 19.8 Å². The van der Waals surface area contributed by atoms with E-state index in [1.54, 1.807) is 41.8 Å². The monoisotopic (exact) mass is 585 g/mol. The number of aromatic amines is 1. The molecule has 6 bridgehead atoms. The molecule has 2 aliphatic heterocycles. The van der Waals surface area contributed by atoms with Crippen molar-refractivity contribution in [1.29, 1.82) is 0 Å². The van der Waals surface area contributed by atoms with Gasteiger partial charge in [-0.2, -0.15) is 9.49 Å². The van der Waals surface area contributed by atoms with Gasteiger partial charge in [0.05, 0.1) is 78.0 Å². The van der Waals surface area contributed by atoms with Gasteiger partial charge in [0.2, 0.25) is 5.95 Å². The lowest BCUT2D eigenvalue weighted by molar-refractivity contribution is 0.0323. The number of hydrogen-bond donors (Lipinski definition) is 2. The van der Waals surface area contributed by atoms with E-state index in [0.29, 0.717) is 64.9 Å². The topological polar surface area (TPSA) is 139 Å². The second-order valence-electron chi connectivity index (χ2n) is 11.2. The number of hydrogen-bond acceptors (Lipinski definition) is 7. The molecule has 5 aromatic heterocycles. The maximum Gasteiger partial charge on any atom is 0.407 e. The van der Waals surface area contributed by atoms with Crippen LogP contribution in [0.3, 0.4) is 0 Å². The SMILES string of the molecule is COC(=O)N[C@H]1C[C@H]2C[C@H]1OCCn1ncc3cc(ccc31)-c1c(-c3cn(C)nc3F)[nH]c3ncc4c(c13)n2c(=O)n4C. The standard InChI is InChI=1S/C29H28FN9O4/c1-36-13-17(26(30)35-36)24-22-14-4-5-19-15(8-14)11-32-38(19)6-7-43-21-10-16(9-18(21)33-28(40)42-3)39-25-20(37(2)29(39)41)12-31-27(34-24)23(22)25/h4-5,8,11-13,16,18,21H,6-7,9-10H2,1-3H3,(H,31,34)(H,33,40)/t16-,18-,21+/m0/s1. The van der Waals surface area contributed by atoms with Crippen LogP contribution in [-0.2, 0) is 30.1 Å². The molecule has 6 aromatic rings. The van der Waals surface area contributed by atoms with Crippen LogP contribution < -0.4 is 11.0 Å². The third kappa shape index (κ3) is 3.75. The van der Waals surface area contributed by atoms with Crippen molar-refractivity contribution in [1.82, 2.24) is 44.0 Å². The Hall–Kier alpha value is -4.98. The van der Waals surface area contributed by atoms with Gasteiger partial charge in [0.1, 0.15) is 5.65 Å². The van der Waals surface area contributed by atoms with Gasteiger partial charge in [-0.3, -0.25) is 18.5 Å². The highest BCUT2D eigenvalue weighted by Gasteiger charge is 2.39. The summed E-state index contributed by atoms with van der Waals surface area (Å²) in [6, 6.07) is 5.30. The van der Waals surface area contributed by atoms with Gasteiger partial charge in [-0.15, -0.1) is 5.10 Å². The van der Waals surface area contributed by atoms with E-state index in [0.717, 1.165) is 16.5 Å². The number of ether oxygens (including phenoxy) is 2. The fraction of sp³-hybridized carbons (Fsp3) is 0.345. The van der Waals surface area contributed by atoms with E-state index in [1.807, 2.05) is 22.9 Å². The summed E-state index contributed by atoms with van der Waals surface area (Å²) in [5.41, 5.74) is 4.85. The molecular formula is C29H28FN9O4. The maximum atomic E-state index is 15.3. The molecule has 0 radical (unpaired) electrons. The molecule has 43 heavy (non-hydrogen) atoms. The first-order valence-corrected chi connectivity index (χ1v) is 14.1. The average molecular weight is 586 g/mol. The van der Waals surface area contributed by atoms with Gasteiger partial charge >= 0.3 is 11.8 Å². The number of fused-ring (bicyclic) bond motifs is 3. The predicted molar refractivity (Wildman–Crippen MR) is 155 cm³/mol. The summed E-state index contributed by atoms with van der Waals surface area (Å²) in [7, 11) is 4.70. The number of nitrogens with one attached hydrogen (secondary N) is 2. The predicted octanol–water partition coefficient (Wildman–Crippen LogP) is 3.23. The Bertz CT molecular complexity index is 2150. The number of H-pyrrole nitrogens is 1. The number of imidazole rings is 1. The van der Waals surface area contributed by atoms with Crippen LogP contribution in [0.4, 0.5) is 9.18 Å². The third-order valence-corrected chi connectivity index (χ3v) is 8.82. The van der Waals surface area contributed by atoms with Gasteiger partial charge in [-0.05, 0) is 30.5 Å². The Balaban J connectivity index is 1.47. The molecule has 0 spiro atoms. The van der Waals surface area contributed by atoms with Crippen LogP contribution in [0.2, 0.25) is 0 Å². The molecule has 1 aliphatic carbocycles. The van der Waals surface area contributed by atoms with Crippen LogP contribution in [0, 0.1) is 5.95 Å². The number of amides is 1. The average Bonchev–Trinajstić information content (AvgIpc) is 3.79. The van der Waals surface area contributed by atoms with Crippen LogP contribution in [0.15, 0.2) is 41.6 Å². The Morgan fingerprint density at radius 1 is 1.21 bits per heavy atom. The molecule has 7 heterocycles. The number of pyridine rings is 1. The molecule has 0 unspecified atom stereocenters. The van der Waals surface area contributed by atoms with Crippen molar-refractivity contribution in [3.05, 3.63) is 53.2 Å². The number of aryl methyl sites for hydroxylation is 2. The van der Waals surface area contributed by atoms with Gasteiger partial charge in [-0.1, -0.05) is 6.07 Å². The lowest BCUT2D eigenvalue weighted by Crippen LogP contribution is -2.41. The fourth-order valence-electron chi connectivity index (χ4n) is 6.88. The number of nitrogens with zero attached hydrogens (tertiary/aromatic N) is 7. The summed E-state index contributed by atoms with van der Waals surface area (Å²) in [6.07, 6.45) is 5.09. The number of benzene rings is 1. The minimum absolute atomic E-state index is 0.215. The highest BCUT2D eigenvalue weighted by Crippen LogP contribution is 2.44. The molecular weight excluding hydrogens is 557 g/mol. The number of rotatable bonds is 2. The zero-order valence-corrected chi connectivity index (χ0v) is 23.7. The highest BCUT2D eigenvalue weighted by atomic mass is 19.1. The molecule has 9 rings (SSSR count). The minimum atomic E-state index is -0.621. The van der Waals surface area contributed by atoms with Gasteiger partial charge in [0.15, 0.2) is 0 Å². The molecule has 2 N–H and O–H groups in total. The number of methoxy groups -OCH3 is 1. The number of aromatic nitrogens is 8. The molecule has 220 valence electrons. The molecule has 0 saturated heterocycles. The molecule has 1 fully saturated rings. The molecule has 1 amide bonds. The Labute approximate surface area is 242 Å². The van der Waals surface area contributed by atoms with Crippen molar-refractivity contribution in [2.75, 3.05) is 13.7 Å². The fourth-order valence-corrected chi connectivity index (χ4v) is 6.88. The number of alkyl carbamates (subject to hydrolysis) is 1. The van der Waals surface area contributed by atoms with Gasteiger partial charge in [0, 0.05) is 37.3 Å². The van der Waals surface area contributed by atoms with E-state index in [1.165, 1.54) is 11.8 Å². The Morgan fingerprint density at radius 3 is 2.86 bits per heavy atom. The van der Waals surface area contributed by atoms with E-state index < -0.39 is 12.0 Å². The van der Waals surface area contributed by atoms with E-state index in [9.17, 15) is 9.59 Å². The first-order valence-electron chi connectivity index (χ1n) is 14.1. The minimum Gasteiger partial charge on any atom is -0.453 e. The van der Waals surface area contributed by atoms with Crippen LogP contribution in [0.5, 0.6) is 0 Å². The first kappa shape index (κ1) is 25.7. The lowest BCUT2D eigenvalue weighted by atomic mass is 9.98. The van der Waals surface area contributed by atoms with Crippen molar-refractivity contribution < 1.29 is 18.7 Å². The Kier molecular flexibility index (Phi) is 5.54. The molecule has 3 aliphatic rings. The Morgan fingerprint density at radius 2 is 2.07 bits per heavy atom. The molecule has 14 heteroatoms. The van der Waals surface area contributed by atoms with Crippen molar-refractivity contribution >= 4 is 39.1 Å². The smallest absolute Gasteiger partial charge is 0.407 e. The first-order chi connectivity index (χ1) is 20.8. The van der Waals surface area contributed by atoms with E-state index >= 15 is 4.39 Å². The van der Waals surface area contributed by atoms with Gasteiger partial charge in [-0.25, -0.2) is 14.6 Å². The van der Waals surface area contributed by atoms with Crippen LogP contribution in [0.25, 0.3) is 55.4 Å². The maximum absolute atomic E-state index is 15.3. The van der Waals surface area contributed by atoms with Gasteiger partial charge in [0.25, 0.3) is 0 Å². The number of carbonyl (C=O) groups is 1. The van der Waals surface area contributed by atoms with Crippen molar-refractivity contribution in [3.63, 3.8) is 0 Å². The molecule has 13 nitrogen and oxygen atoms in total. The van der Waals surface area contributed by atoms with E-state index in [4.69, 9.17) is 14.5 Å². The summed E-state index contributed by atoms with van der Waals surface area (Å²) in [5, 5.41) is 13.0. The second kappa shape index (κ2) is 9.26. The second-order valence-corrected chi connectivity index (χ2v) is 11.2. The summed E-state index contributed by atoms with van der Waals surface area (Å²) in [4.78, 5) is 34.3. The largest absolute Gasteiger partial charge is 0.453 e. The summed E-state index contributed by atoms with van der Waals surface area (Å²) in [6.45, 7) is 0.855. The molecule has 1 aromatic carbocycles. The highest BCUT2D eigenvalue weighted by molar-refractivity contribution is 6.14. The summed E-state index contributed by atoms with van der Waals surface area (Å²) in [5.74, 6) is -0.621. The van der Waals surface area contributed by atoms with Crippen molar-refractivity contribution in [2.24, 2.45) is 14.1 Å².